The van der Waals surface area contributed by atoms with Crippen molar-refractivity contribution in [2.45, 2.75) is 18.9 Å². The second-order valence-electron chi connectivity index (χ2n) is 1.93. The van der Waals surface area contributed by atoms with E-state index in [0.29, 0.717) is 6.29 Å². The zero-order chi connectivity index (χ0) is 6.62. The lowest BCUT2D eigenvalue weighted by Gasteiger charge is -2.12. The van der Waals surface area contributed by atoms with Crippen molar-refractivity contribution in [1.82, 2.24) is 0 Å². The van der Waals surface area contributed by atoms with Crippen LogP contribution in [-0.4, -0.2) is 17.0 Å². The van der Waals surface area contributed by atoms with Crippen LogP contribution in [0.1, 0.15) is 13.3 Å². The van der Waals surface area contributed by atoms with Crippen LogP contribution in [0.3, 0.4) is 0 Å². The molecule has 0 heterocycles. The molecule has 0 radical (unpaired) electrons. The molecule has 1 unspecified atom stereocenters. The molecule has 0 spiro atoms. The molecule has 0 aromatic carbocycles. The summed E-state index contributed by atoms with van der Waals surface area (Å²) in [4.78, 5) is 9.77. The lowest BCUT2D eigenvalue weighted by atomic mass is 10.0. The average Bonchev–Trinajstić information content (AvgIpc) is 1.67. The van der Waals surface area contributed by atoms with Crippen molar-refractivity contribution in [2.24, 2.45) is 0 Å². The van der Waals surface area contributed by atoms with Gasteiger partial charge in [0, 0.05) is 6.42 Å². The van der Waals surface area contributed by atoms with Gasteiger partial charge < -0.3 is 9.90 Å². The largest absolute Gasteiger partial charge is 0.386 e. The van der Waals surface area contributed by atoms with E-state index >= 15 is 0 Å². The first kappa shape index (κ1) is 7.37. The highest BCUT2D eigenvalue weighted by molar-refractivity contribution is 5.51. The molecular weight excluding hydrogens is 104 g/mol. The molecule has 0 amide bonds. The molecule has 46 valence electrons. The van der Waals surface area contributed by atoms with E-state index < -0.39 is 5.60 Å². The van der Waals surface area contributed by atoms with Gasteiger partial charge in [-0.15, -0.1) is 6.58 Å². The third-order valence-electron chi connectivity index (χ3n) is 0.936. The summed E-state index contributed by atoms with van der Waals surface area (Å²) in [5.41, 5.74) is -1.01. The van der Waals surface area contributed by atoms with Crippen molar-refractivity contribution in [1.29, 1.82) is 0 Å². The quantitative estimate of drug-likeness (QED) is 0.429. The van der Waals surface area contributed by atoms with Crippen LogP contribution < -0.4 is 0 Å². The molecule has 0 aromatic heterocycles. The van der Waals surface area contributed by atoms with Crippen molar-refractivity contribution < 1.29 is 9.90 Å². The molecule has 0 aliphatic rings. The molecule has 0 aliphatic carbocycles. The predicted molar refractivity (Wildman–Crippen MR) is 31.5 cm³/mol. The van der Waals surface area contributed by atoms with E-state index in [1.54, 1.807) is 0 Å². The highest BCUT2D eigenvalue weighted by atomic mass is 16.3. The van der Waals surface area contributed by atoms with Crippen LogP contribution in [0.15, 0.2) is 12.7 Å². The Labute approximate surface area is 48.8 Å². The van der Waals surface area contributed by atoms with E-state index in [4.69, 9.17) is 5.11 Å². The molecule has 0 saturated carbocycles. The number of aldehydes is 1. The standard InChI is InChI=1S/C6H10O2/c1-3-6(2,8)4-5-7/h3,5,8H,1,4H2,2H3. The van der Waals surface area contributed by atoms with Gasteiger partial charge in [0.1, 0.15) is 6.29 Å². The fourth-order valence-electron chi connectivity index (χ4n) is 0.252. The van der Waals surface area contributed by atoms with Gasteiger partial charge in [0.2, 0.25) is 0 Å². The minimum atomic E-state index is -1.01. The first-order valence-electron chi connectivity index (χ1n) is 2.42. The van der Waals surface area contributed by atoms with E-state index in [1.165, 1.54) is 13.0 Å². The number of hydrogen-bond donors (Lipinski definition) is 1. The van der Waals surface area contributed by atoms with Gasteiger partial charge in [-0.1, -0.05) is 6.08 Å². The van der Waals surface area contributed by atoms with Crippen LogP contribution in [0, 0.1) is 0 Å². The SMILES string of the molecule is C=CC(C)(O)CC=O. The van der Waals surface area contributed by atoms with Gasteiger partial charge in [-0.05, 0) is 6.92 Å². The molecular formula is C6H10O2. The molecule has 0 rings (SSSR count). The van der Waals surface area contributed by atoms with Crippen LogP contribution in [0.4, 0.5) is 0 Å². The molecule has 1 atom stereocenters. The Balaban J connectivity index is 3.70. The Bertz CT molecular complexity index is 94.7. The summed E-state index contributed by atoms with van der Waals surface area (Å²) in [6.07, 6.45) is 2.14. The Morgan fingerprint density at radius 1 is 1.88 bits per heavy atom. The third kappa shape index (κ3) is 2.53. The normalized spacial score (nSPS) is 16.8. The number of hydrogen-bond acceptors (Lipinski definition) is 2. The van der Waals surface area contributed by atoms with Crippen LogP contribution in [-0.2, 0) is 4.79 Å². The minimum absolute atomic E-state index is 0.122. The average molecular weight is 114 g/mol. The van der Waals surface area contributed by atoms with Crippen molar-refractivity contribution >= 4 is 6.29 Å². The monoisotopic (exact) mass is 114 g/mol. The maximum absolute atomic E-state index is 9.77. The number of rotatable bonds is 3. The number of aliphatic hydroxyl groups is 1. The summed E-state index contributed by atoms with van der Waals surface area (Å²) in [6, 6.07) is 0. The summed E-state index contributed by atoms with van der Waals surface area (Å²) in [6.45, 7) is 4.88. The molecule has 1 N–H and O–H groups in total. The predicted octanol–water partition coefficient (Wildman–Crippen LogP) is 0.512. The Morgan fingerprint density at radius 2 is 2.38 bits per heavy atom. The molecule has 2 nitrogen and oxygen atoms in total. The lowest BCUT2D eigenvalue weighted by molar-refractivity contribution is -0.110. The summed E-state index contributed by atoms with van der Waals surface area (Å²) in [7, 11) is 0. The maximum Gasteiger partial charge on any atom is 0.123 e. The third-order valence-corrected chi connectivity index (χ3v) is 0.936. The molecule has 0 fully saturated rings. The van der Waals surface area contributed by atoms with Gasteiger partial charge in [0.25, 0.3) is 0 Å². The minimum Gasteiger partial charge on any atom is -0.386 e. The molecule has 0 aromatic rings. The topological polar surface area (TPSA) is 37.3 Å². The molecule has 0 bridgehead atoms. The van der Waals surface area contributed by atoms with Crippen LogP contribution >= 0.6 is 0 Å². The van der Waals surface area contributed by atoms with E-state index in [9.17, 15) is 4.79 Å². The van der Waals surface area contributed by atoms with Gasteiger partial charge in [0.05, 0.1) is 5.60 Å². The van der Waals surface area contributed by atoms with Crippen molar-refractivity contribution in [3.63, 3.8) is 0 Å². The van der Waals surface area contributed by atoms with Gasteiger partial charge in [-0.25, -0.2) is 0 Å². The van der Waals surface area contributed by atoms with E-state index in [1.807, 2.05) is 0 Å². The van der Waals surface area contributed by atoms with Crippen molar-refractivity contribution in [2.75, 3.05) is 0 Å². The van der Waals surface area contributed by atoms with Crippen LogP contribution in [0.5, 0.6) is 0 Å². The highest BCUT2D eigenvalue weighted by Gasteiger charge is 2.12. The van der Waals surface area contributed by atoms with Crippen LogP contribution in [0.2, 0.25) is 0 Å². The second-order valence-corrected chi connectivity index (χ2v) is 1.93. The maximum atomic E-state index is 9.77. The van der Waals surface area contributed by atoms with Gasteiger partial charge >= 0.3 is 0 Å². The van der Waals surface area contributed by atoms with E-state index in [2.05, 4.69) is 6.58 Å². The first-order chi connectivity index (χ1) is 3.62. The van der Waals surface area contributed by atoms with Crippen LogP contribution in [0.25, 0.3) is 0 Å². The Hall–Kier alpha value is -0.630. The fraction of sp³-hybridized carbons (Fsp3) is 0.500. The molecule has 2 heteroatoms. The van der Waals surface area contributed by atoms with Crippen molar-refractivity contribution in [3.8, 4) is 0 Å². The molecule has 0 saturated heterocycles. The summed E-state index contributed by atoms with van der Waals surface area (Å²) < 4.78 is 0. The van der Waals surface area contributed by atoms with Gasteiger partial charge in [-0.3, -0.25) is 0 Å². The summed E-state index contributed by atoms with van der Waals surface area (Å²) in [5, 5.41) is 8.97. The second kappa shape index (κ2) is 2.62. The zero-order valence-electron chi connectivity index (χ0n) is 4.92. The Kier molecular flexibility index (Phi) is 2.42. The van der Waals surface area contributed by atoms with E-state index in [0.717, 1.165) is 0 Å². The lowest BCUT2D eigenvalue weighted by Crippen LogP contribution is -2.20. The van der Waals surface area contributed by atoms with Gasteiger partial charge in [-0.2, -0.15) is 0 Å². The highest BCUT2D eigenvalue weighted by Crippen LogP contribution is 2.06. The molecule has 0 aliphatic heterocycles. The van der Waals surface area contributed by atoms with E-state index in [-0.39, 0.29) is 6.42 Å². The smallest absolute Gasteiger partial charge is 0.123 e. The van der Waals surface area contributed by atoms with Gasteiger partial charge in [0.15, 0.2) is 0 Å². The first-order valence-corrected chi connectivity index (χ1v) is 2.42. The Morgan fingerprint density at radius 3 is 2.50 bits per heavy atom. The number of carbonyl (C=O) groups is 1. The summed E-state index contributed by atoms with van der Waals surface area (Å²) >= 11 is 0. The summed E-state index contributed by atoms with van der Waals surface area (Å²) in [5.74, 6) is 0. The molecule has 8 heavy (non-hydrogen) atoms. The van der Waals surface area contributed by atoms with Crippen molar-refractivity contribution in [3.05, 3.63) is 12.7 Å². The number of carbonyl (C=O) groups excluding carboxylic acids is 1. The zero-order valence-corrected chi connectivity index (χ0v) is 4.92. The fourth-order valence-corrected chi connectivity index (χ4v) is 0.252.